The van der Waals surface area contributed by atoms with E-state index in [1.807, 2.05) is 12.1 Å². The number of aromatic nitrogens is 3. The van der Waals surface area contributed by atoms with Gasteiger partial charge in [0, 0.05) is 43.3 Å². The molecule has 4 aromatic rings. The molecule has 0 bridgehead atoms. The first kappa shape index (κ1) is 32.9. The molecule has 0 atom stereocenters. The van der Waals surface area contributed by atoms with Crippen molar-refractivity contribution >= 4 is 17.6 Å². The molecule has 1 saturated carbocycles. The minimum atomic E-state index is -4.86. The van der Waals surface area contributed by atoms with Crippen molar-refractivity contribution in [1.82, 2.24) is 19.7 Å². The topological polar surface area (TPSA) is 80.6 Å². The molecule has 0 spiro atoms. The second kappa shape index (κ2) is 13.3. The van der Waals surface area contributed by atoms with Crippen LogP contribution in [0, 0.1) is 5.92 Å². The number of fused-ring (bicyclic) bond motifs is 1. The number of hydrogen-bond donors (Lipinski definition) is 0. The Morgan fingerprint density at radius 3 is 2.45 bits per heavy atom. The van der Waals surface area contributed by atoms with Gasteiger partial charge in [-0.1, -0.05) is 49.4 Å². The number of esters is 1. The van der Waals surface area contributed by atoms with Crippen LogP contribution in [0.5, 0.6) is 0 Å². The fourth-order valence-corrected chi connectivity index (χ4v) is 7.42. The highest BCUT2D eigenvalue weighted by Gasteiger charge is 2.41. The van der Waals surface area contributed by atoms with Gasteiger partial charge in [-0.3, -0.25) is 4.79 Å². The molecule has 7 rings (SSSR count). The number of carbonyl (C=O) groups excluding carboxylic acids is 2. The number of nitrogens with zero attached hydrogens (tertiary/aromatic N) is 5. The van der Waals surface area contributed by atoms with Gasteiger partial charge in [0.1, 0.15) is 5.56 Å². The van der Waals surface area contributed by atoms with Gasteiger partial charge in [0.15, 0.2) is 11.5 Å². The van der Waals surface area contributed by atoms with Crippen molar-refractivity contribution in [2.75, 3.05) is 31.1 Å². The zero-order valence-electron chi connectivity index (χ0n) is 27.8. The van der Waals surface area contributed by atoms with Gasteiger partial charge < -0.3 is 14.5 Å². The van der Waals surface area contributed by atoms with Crippen LogP contribution in [0.15, 0.2) is 60.8 Å². The largest absolute Gasteiger partial charge is 0.462 e. The zero-order chi connectivity index (χ0) is 34.3. The smallest absolute Gasteiger partial charge is 0.434 e. The maximum atomic E-state index is 14.2. The monoisotopic (exact) mass is 671 g/mol. The third kappa shape index (κ3) is 6.55. The molecular weight excluding hydrogens is 631 g/mol. The molecule has 8 nitrogen and oxygen atoms in total. The molecular formula is C38H40F3N5O3. The Labute approximate surface area is 283 Å². The number of halogens is 3. The number of rotatable bonds is 9. The summed E-state index contributed by atoms with van der Waals surface area (Å²) in [6.07, 6.45) is 1.86. The summed E-state index contributed by atoms with van der Waals surface area (Å²) < 4.78 is 48.2. The van der Waals surface area contributed by atoms with Crippen LogP contribution in [0.1, 0.15) is 83.8 Å². The lowest BCUT2D eigenvalue weighted by Gasteiger charge is -2.33. The minimum absolute atomic E-state index is 0.0477. The molecule has 2 fully saturated rings. The molecule has 49 heavy (non-hydrogen) atoms. The Balaban J connectivity index is 1.14. The average Bonchev–Trinajstić information content (AvgIpc) is 3.72. The average molecular weight is 672 g/mol. The summed E-state index contributed by atoms with van der Waals surface area (Å²) in [5.74, 6) is -0.0761. The number of pyridine rings is 1. The van der Waals surface area contributed by atoms with E-state index in [4.69, 9.17) is 4.74 Å². The van der Waals surface area contributed by atoms with Gasteiger partial charge in [-0.15, -0.1) is 0 Å². The summed E-state index contributed by atoms with van der Waals surface area (Å²) in [6, 6.07) is 17.7. The van der Waals surface area contributed by atoms with Crippen LogP contribution in [0.4, 0.5) is 18.9 Å². The SMILES string of the molecule is CCOC(=O)c1cnn(-c2cccc(-c3cccc4c3N(Cc3ccc(C5CCN(C(=O)C6CC6)CC5)c(CC)c3)CC4)n2)c1C(F)(F)F. The van der Waals surface area contributed by atoms with Crippen molar-refractivity contribution < 1.29 is 27.5 Å². The van der Waals surface area contributed by atoms with Crippen LogP contribution in [-0.4, -0.2) is 57.8 Å². The number of para-hydroxylation sites is 1. The Kier molecular flexibility index (Phi) is 8.94. The summed E-state index contributed by atoms with van der Waals surface area (Å²) in [5, 5.41) is 3.92. The molecule has 1 aliphatic carbocycles. The van der Waals surface area contributed by atoms with Crippen LogP contribution in [-0.2, 0) is 35.1 Å². The van der Waals surface area contributed by atoms with E-state index in [-0.39, 0.29) is 18.3 Å². The lowest BCUT2D eigenvalue weighted by molar-refractivity contribution is -0.143. The van der Waals surface area contributed by atoms with E-state index in [9.17, 15) is 22.8 Å². The number of amides is 1. The number of aryl methyl sites for hydroxylation is 1. The molecule has 0 radical (unpaired) electrons. The molecule has 2 aliphatic heterocycles. The van der Waals surface area contributed by atoms with Gasteiger partial charge in [0.25, 0.3) is 0 Å². The highest BCUT2D eigenvalue weighted by atomic mass is 19.4. The summed E-state index contributed by atoms with van der Waals surface area (Å²) in [7, 11) is 0. The van der Waals surface area contributed by atoms with E-state index in [1.54, 1.807) is 12.1 Å². The molecule has 3 aliphatic rings. The van der Waals surface area contributed by atoms with E-state index < -0.39 is 23.4 Å². The van der Waals surface area contributed by atoms with Crippen molar-refractivity contribution in [3.8, 4) is 17.1 Å². The maximum Gasteiger partial charge on any atom is 0.434 e. The van der Waals surface area contributed by atoms with Gasteiger partial charge in [0.2, 0.25) is 5.91 Å². The minimum Gasteiger partial charge on any atom is -0.462 e. The number of hydrogen-bond acceptors (Lipinski definition) is 6. The first-order chi connectivity index (χ1) is 23.7. The number of ether oxygens (including phenoxy) is 1. The molecule has 0 unspecified atom stereocenters. The summed E-state index contributed by atoms with van der Waals surface area (Å²) in [4.78, 5) is 33.9. The molecule has 2 aromatic heterocycles. The van der Waals surface area contributed by atoms with Crippen LogP contribution in [0.25, 0.3) is 17.1 Å². The normalized spacial score (nSPS) is 16.6. The van der Waals surface area contributed by atoms with Crippen molar-refractivity contribution in [3.63, 3.8) is 0 Å². The third-order valence-corrected chi connectivity index (χ3v) is 9.98. The lowest BCUT2D eigenvalue weighted by atomic mass is 9.85. The van der Waals surface area contributed by atoms with Crippen LogP contribution >= 0.6 is 0 Å². The molecule has 11 heteroatoms. The van der Waals surface area contributed by atoms with Crippen LogP contribution in [0.2, 0.25) is 0 Å². The van der Waals surface area contributed by atoms with Crippen LogP contribution < -0.4 is 4.90 Å². The number of benzene rings is 2. The summed E-state index contributed by atoms with van der Waals surface area (Å²) >= 11 is 0. The molecule has 4 heterocycles. The highest BCUT2D eigenvalue weighted by molar-refractivity contribution is 5.91. The molecule has 1 amide bonds. The second-order valence-corrected chi connectivity index (χ2v) is 13.2. The quantitative estimate of drug-likeness (QED) is 0.173. The predicted molar refractivity (Wildman–Crippen MR) is 180 cm³/mol. The first-order valence-electron chi connectivity index (χ1n) is 17.2. The number of alkyl halides is 3. The number of piperidine rings is 1. The molecule has 1 saturated heterocycles. The highest BCUT2D eigenvalue weighted by Crippen LogP contribution is 2.40. The van der Waals surface area contributed by atoms with Crippen molar-refractivity contribution in [3.05, 3.63) is 94.3 Å². The Morgan fingerprint density at radius 1 is 0.959 bits per heavy atom. The predicted octanol–water partition coefficient (Wildman–Crippen LogP) is 7.37. The van der Waals surface area contributed by atoms with E-state index in [0.717, 1.165) is 81.2 Å². The number of anilines is 1. The van der Waals surface area contributed by atoms with E-state index >= 15 is 0 Å². The van der Waals surface area contributed by atoms with E-state index in [0.29, 0.717) is 28.7 Å². The van der Waals surface area contributed by atoms with Crippen LogP contribution in [0.3, 0.4) is 0 Å². The fraction of sp³-hybridized carbons (Fsp3) is 0.421. The maximum absolute atomic E-state index is 14.2. The van der Waals surface area contributed by atoms with Crippen molar-refractivity contribution in [2.45, 2.75) is 71.0 Å². The Morgan fingerprint density at radius 2 is 1.73 bits per heavy atom. The fourth-order valence-electron chi connectivity index (χ4n) is 7.42. The standard InChI is InChI=1S/C38H40F3N5O3/c1-3-25-21-24(11-14-29(25)26-15-18-44(19-16-26)36(47)28-12-13-28)23-45-20-17-27-7-5-8-30(34(27)45)32-9-6-10-33(43-32)46-35(38(39,40)41)31(22-42-46)37(48)49-4-2/h5-11,14,21-22,26,28H,3-4,12-13,15-20,23H2,1-2H3. The van der Waals surface area contributed by atoms with Gasteiger partial charge in [-0.2, -0.15) is 18.3 Å². The van der Waals surface area contributed by atoms with E-state index in [1.165, 1.54) is 29.7 Å². The molecule has 256 valence electrons. The lowest BCUT2D eigenvalue weighted by Crippen LogP contribution is -2.38. The third-order valence-electron chi connectivity index (χ3n) is 9.98. The Hall–Kier alpha value is -4.67. The molecule has 2 aromatic carbocycles. The van der Waals surface area contributed by atoms with Gasteiger partial charge >= 0.3 is 12.1 Å². The second-order valence-electron chi connectivity index (χ2n) is 13.2. The number of carbonyl (C=O) groups is 2. The van der Waals surface area contributed by atoms with Gasteiger partial charge in [0.05, 0.1) is 18.5 Å². The van der Waals surface area contributed by atoms with Gasteiger partial charge in [-0.05, 0) is 85.8 Å². The zero-order valence-corrected chi connectivity index (χ0v) is 27.8. The van der Waals surface area contributed by atoms with E-state index in [2.05, 4.69) is 51.1 Å². The van der Waals surface area contributed by atoms with Crippen molar-refractivity contribution in [1.29, 1.82) is 0 Å². The summed E-state index contributed by atoms with van der Waals surface area (Å²) in [5.41, 5.74) is 5.56. The first-order valence-corrected chi connectivity index (χ1v) is 17.2. The molecule has 0 N–H and O–H groups in total. The summed E-state index contributed by atoms with van der Waals surface area (Å²) in [6.45, 7) is 6.82. The Bertz CT molecular complexity index is 1870. The number of likely N-dealkylation sites (tertiary alicyclic amines) is 1. The van der Waals surface area contributed by atoms with Crippen molar-refractivity contribution in [2.24, 2.45) is 5.92 Å². The van der Waals surface area contributed by atoms with Gasteiger partial charge in [-0.25, -0.2) is 14.5 Å².